The van der Waals surface area contributed by atoms with Crippen molar-refractivity contribution >= 4 is 5.69 Å². The van der Waals surface area contributed by atoms with E-state index in [1.807, 2.05) is 0 Å². The van der Waals surface area contributed by atoms with Gasteiger partial charge in [-0.25, -0.2) is 0 Å². The van der Waals surface area contributed by atoms with Crippen LogP contribution in [0.4, 0.5) is 5.69 Å². The van der Waals surface area contributed by atoms with Crippen molar-refractivity contribution in [2.24, 2.45) is 0 Å². The first-order chi connectivity index (χ1) is 9.40. The molecule has 1 heterocycles. The van der Waals surface area contributed by atoms with E-state index in [-0.39, 0.29) is 0 Å². The van der Waals surface area contributed by atoms with Crippen LogP contribution < -0.4 is 10.4 Å². The van der Waals surface area contributed by atoms with Crippen molar-refractivity contribution in [2.45, 2.75) is 6.54 Å². The minimum absolute atomic E-state index is 0.558. The molecule has 1 N–H and O–H groups in total. The molecule has 1 fully saturated rings. The van der Waals surface area contributed by atoms with Crippen LogP contribution in [-0.2, 0) is 20.9 Å². The summed E-state index contributed by atoms with van der Waals surface area (Å²) < 4.78 is 10.2. The Morgan fingerprint density at radius 2 is 1.89 bits per heavy atom. The van der Waals surface area contributed by atoms with Gasteiger partial charge >= 0.3 is 0 Å². The van der Waals surface area contributed by atoms with Crippen LogP contribution in [0.3, 0.4) is 0 Å². The third-order valence-electron chi connectivity index (χ3n) is 3.08. The van der Waals surface area contributed by atoms with Gasteiger partial charge in [-0.2, -0.15) is 5.48 Å². The fourth-order valence-corrected chi connectivity index (χ4v) is 1.98. The lowest BCUT2D eigenvalue weighted by Gasteiger charge is -2.28. The lowest BCUT2D eigenvalue weighted by atomic mass is 10.2. The molecule has 19 heavy (non-hydrogen) atoms. The van der Waals surface area contributed by atoms with Gasteiger partial charge in [0.15, 0.2) is 0 Å². The molecule has 0 aromatic heterocycles. The van der Waals surface area contributed by atoms with Gasteiger partial charge < -0.3 is 14.4 Å². The zero-order valence-electron chi connectivity index (χ0n) is 11.4. The maximum atomic E-state index is 5.35. The van der Waals surface area contributed by atoms with Gasteiger partial charge in [-0.3, -0.25) is 4.84 Å². The number of morpholine rings is 1. The minimum Gasteiger partial charge on any atom is -0.382 e. The van der Waals surface area contributed by atoms with Crippen LogP contribution in [0.2, 0.25) is 0 Å². The molecule has 1 aromatic rings. The summed E-state index contributed by atoms with van der Waals surface area (Å²) in [5.74, 6) is 0. The lowest BCUT2D eigenvalue weighted by molar-refractivity contribution is 0.00346. The Morgan fingerprint density at radius 1 is 1.16 bits per heavy atom. The van der Waals surface area contributed by atoms with E-state index < -0.39 is 0 Å². The quantitative estimate of drug-likeness (QED) is 0.593. The number of methoxy groups -OCH3 is 1. The van der Waals surface area contributed by atoms with Gasteiger partial charge in [-0.15, -0.1) is 0 Å². The largest absolute Gasteiger partial charge is 0.382 e. The molecule has 0 spiro atoms. The fraction of sp³-hybridized carbons (Fsp3) is 0.571. The highest BCUT2D eigenvalue weighted by atomic mass is 16.7. The first-order valence-electron chi connectivity index (χ1n) is 6.65. The third kappa shape index (κ3) is 4.80. The van der Waals surface area contributed by atoms with Gasteiger partial charge in [-0.1, -0.05) is 12.1 Å². The summed E-state index contributed by atoms with van der Waals surface area (Å²) in [5, 5.41) is 0. The molecule has 5 nitrogen and oxygen atoms in total. The van der Waals surface area contributed by atoms with Crippen LogP contribution >= 0.6 is 0 Å². The number of hydrogen-bond donors (Lipinski definition) is 1. The highest BCUT2D eigenvalue weighted by Gasteiger charge is 2.10. The van der Waals surface area contributed by atoms with Gasteiger partial charge in [0, 0.05) is 32.4 Å². The Bertz CT molecular complexity index is 350. The summed E-state index contributed by atoms with van der Waals surface area (Å²) in [6.45, 7) is 5.43. The Labute approximate surface area is 114 Å². The number of hydroxylamine groups is 1. The highest BCUT2D eigenvalue weighted by molar-refractivity contribution is 5.47. The Hall–Kier alpha value is -1.14. The average Bonchev–Trinajstić information content (AvgIpc) is 2.49. The summed E-state index contributed by atoms with van der Waals surface area (Å²) in [6, 6.07) is 8.55. The van der Waals surface area contributed by atoms with E-state index in [9.17, 15) is 0 Å². The maximum Gasteiger partial charge on any atom is 0.0916 e. The molecule has 106 valence electrons. The number of nitrogens with one attached hydrogen (secondary N) is 1. The summed E-state index contributed by atoms with van der Waals surface area (Å²) in [6.07, 6.45) is 0. The maximum absolute atomic E-state index is 5.35. The van der Waals surface area contributed by atoms with Crippen molar-refractivity contribution in [1.29, 1.82) is 0 Å². The fourth-order valence-electron chi connectivity index (χ4n) is 1.98. The topological polar surface area (TPSA) is 43.0 Å². The number of hydrogen-bond acceptors (Lipinski definition) is 5. The molecule has 5 heteroatoms. The monoisotopic (exact) mass is 266 g/mol. The van der Waals surface area contributed by atoms with Gasteiger partial charge in [0.05, 0.1) is 26.4 Å². The Morgan fingerprint density at radius 3 is 2.58 bits per heavy atom. The van der Waals surface area contributed by atoms with Gasteiger partial charge in [0.2, 0.25) is 0 Å². The van der Waals surface area contributed by atoms with Crippen molar-refractivity contribution in [2.75, 3.05) is 51.5 Å². The zero-order chi connectivity index (χ0) is 13.3. The first kappa shape index (κ1) is 14.3. The number of nitrogens with zero attached hydrogens (tertiary/aromatic N) is 1. The van der Waals surface area contributed by atoms with Crippen LogP contribution in [0.25, 0.3) is 0 Å². The molecule has 0 saturated carbocycles. The number of benzene rings is 1. The molecular weight excluding hydrogens is 244 g/mol. The van der Waals surface area contributed by atoms with Crippen molar-refractivity contribution < 1.29 is 14.3 Å². The van der Waals surface area contributed by atoms with Crippen LogP contribution in [-0.4, -0.2) is 46.6 Å². The van der Waals surface area contributed by atoms with E-state index in [1.54, 1.807) is 7.11 Å². The molecule has 1 aromatic carbocycles. The molecule has 0 aliphatic carbocycles. The molecule has 0 atom stereocenters. The second kappa shape index (κ2) is 8.12. The predicted molar refractivity (Wildman–Crippen MR) is 74.1 cm³/mol. The zero-order valence-corrected chi connectivity index (χ0v) is 11.4. The molecular formula is C14H22N2O3. The highest BCUT2D eigenvalue weighted by Crippen LogP contribution is 2.16. The van der Waals surface area contributed by atoms with Gasteiger partial charge in [-0.05, 0) is 17.7 Å². The molecule has 0 unspecified atom stereocenters. The molecule has 2 rings (SSSR count). The number of anilines is 1. The van der Waals surface area contributed by atoms with Gasteiger partial charge in [0.25, 0.3) is 0 Å². The SMILES string of the molecule is COCCONCc1ccc(N2CCOCC2)cc1. The summed E-state index contributed by atoms with van der Waals surface area (Å²) >= 11 is 0. The third-order valence-corrected chi connectivity index (χ3v) is 3.08. The molecule has 0 amide bonds. The summed E-state index contributed by atoms with van der Waals surface area (Å²) in [5.41, 5.74) is 5.38. The molecule has 0 radical (unpaired) electrons. The van der Waals surface area contributed by atoms with E-state index in [0.717, 1.165) is 26.3 Å². The van der Waals surface area contributed by atoms with Crippen LogP contribution in [0.1, 0.15) is 5.56 Å². The normalized spacial score (nSPS) is 15.7. The standard InChI is InChI=1S/C14H22N2O3/c1-17-10-11-19-15-12-13-2-4-14(5-3-13)16-6-8-18-9-7-16/h2-5,15H,6-12H2,1H3. The minimum atomic E-state index is 0.558. The van der Waals surface area contributed by atoms with Gasteiger partial charge in [0.1, 0.15) is 0 Å². The van der Waals surface area contributed by atoms with Crippen molar-refractivity contribution in [3.05, 3.63) is 29.8 Å². The van der Waals surface area contributed by atoms with Crippen molar-refractivity contribution in [3.8, 4) is 0 Å². The predicted octanol–water partition coefficient (Wildman–Crippen LogP) is 1.19. The molecule has 1 aliphatic rings. The van der Waals surface area contributed by atoms with E-state index in [4.69, 9.17) is 14.3 Å². The Balaban J connectivity index is 1.74. The average molecular weight is 266 g/mol. The van der Waals surface area contributed by atoms with Crippen LogP contribution in [0.5, 0.6) is 0 Å². The smallest absolute Gasteiger partial charge is 0.0916 e. The Kier molecular flexibility index (Phi) is 6.10. The van der Waals surface area contributed by atoms with Crippen molar-refractivity contribution in [3.63, 3.8) is 0 Å². The first-order valence-corrected chi connectivity index (χ1v) is 6.65. The number of ether oxygens (including phenoxy) is 2. The van der Waals surface area contributed by atoms with E-state index in [0.29, 0.717) is 19.8 Å². The van der Waals surface area contributed by atoms with E-state index >= 15 is 0 Å². The molecule has 1 saturated heterocycles. The number of rotatable bonds is 7. The van der Waals surface area contributed by atoms with E-state index in [1.165, 1.54) is 11.3 Å². The summed E-state index contributed by atoms with van der Waals surface area (Å²) in [4.78, 5) is 7.57. The van der Waals surface area contributed by atoms with E-state index in [2.05, 4.69) is 34.6 Å². The van der Waals surface area contributed by atoms with Crippen LogP contribution in [0.15, 0.2) is 24.3 Å². The second-order valence-corrected chi connectivity index (χ2v) is 4.43. The van der Waals surface area contributed by atoms with Crippen LogP contribution in [0, 0.1) is 0 Å². The lowest BCUT2D eigenvalue weighted by Crippen LogP contribution is -2.36. The van der Waals surface area contributed by atoms with Crippen molar-refractivity contribution in [1.82, 2.24) is 5.48 Å². The summed E-state index contributed by atoms with van der Waals surface area (Å²) in [7, 11) is 1.66. The second-order valence-electron chi connectivity index (χ2n) is 4.43. The molecule has 1 aliphatic heterocycles. The molecule has 0 bridgehead atoms.